The van der Waals surface area contributed by atoms with E-state index in [4.69, 9.17) is 24.2 Å². The Kier molecular flexibility index (Phi) is 12.3. The number of nitrogens with one attached hydrogen (secondary N) is 2. The molecule has 6 rings (SSSR count). The summed E-state index contributed by atoms with van der Waals surface area (Å²) in [7, 11) is 3.05. The van der Waals surface area contributed by atoms with Gasteiger partial charge in [-0.25, -0.2) is 4.98 Å². The van der Waals surface area contributed by atoms with Gasteiger partial charge in [-0.15, -0.1) is 0 Å². The average molecular weight is 769 g/mol. The van der Waals surface area contributed by atoms with Gasteiger partial charge in [-0.3, -0.25) is 19.2 Å². The fourth-order valence-electron chi connectivity index (χ4n) is 7.02. The number of ether oxygens (including phenoxy) is 3. The van der Waals surface area contributed by atoms with E-state index in [2.05, 4.69) is 10.6 Å². The number of carbonyl (C=O) groups excluding carboxylic acids is 4. The molecule has 2 N–H and O–H groups in total. The summed E-state index contributed by atoms with van der Waals surface area (Å²) in [5.74, 6) is 1.20. The number of fused-ring (bicyclic) bond motifs is 1. The van der Waals surface area contributed by atoms with Crippen molar-refractivity contribution < 1.29 is 33.4 Å². The number of benzene rings is 3. The smallest absolute Gasteiger partial charge is 0.248 e. The molecule has 2 aliphatic heterocycles. The molecule has 0 radical (unpaired) electrons. The molecule has 14 heteroatoms. The number of amides is 2. The number of carbonyl (C=O) groups is 4. The number of methoxy groups -OCH3 is 2. The summed E-state index contributed by atoms with van der Waals surface area (Å²) in [6.07, 6.45) is 1.15. The van der Waals surface area contributed by atoms with Crippen molar-refractivity contribution in [1.82, 2.24) is 20.2 Å². The molecular formula is C41H48N6O7S. The summed E-state index contributed by atoms with van der Waals surface area (Å²) in [6.45, 7) is 9.05. The van der Waals surface area contributed by atoms with Gasteiger partial charge in [0.1, 0.15) is 29.3 Å². The van der Waals surface area contributed by atoms with E-state index in [1.54, 1.807) is 48.2 Å². The van der Waals surface area contributed by atoms with Crippen molar-refractivity contribution in [2.45, 2.75) is 58.2 Å². The lowest BCUT2D eigenvalue weighted by molar-refractivity contribution is -0.139. The second-order valence-electron chi connectivity index (χ2n) is 14.3. The van der Waals surface area contributed by atoms with Gasteiger partial charge in [-0.1, -0.05) is 49.0 Å². The van der Waals surface area contributed by atoms with Crippen LogP contribution in [-0.2, 0) is 20.0 Å². The zero-order valence-corrected chi connectivity index (χ0v) is 32.9. The molecule has 55 heavy (non-hydrogen) atoms. The number of aromatic nitrogens is 2. The van der Waals surface area contributed by atoms with E-state index in [0.29, 0.717) is 78.5 Å². The SMILES string of the molecule is COc1cc2nc(N3CCNCC3C(=O)c3ccc(OC(C)(C)c4ccccc4)cc3)nc(NC(=O)C3CCCN3C(=O)C(C)CSC(C)=O)c2cc1OC. The van der Waals surface area contributed by atoms with E-state index in [0.717, 1.165) is 17.3 Å². The fraction of sp³-hybridized carbons (Fsp3) is 0.415. The van der Waals surface area contributed by atoms with Crippen molar-refractivity contribution in [2.24, 2.45) is 5.92 Å². The van der Waals surface area contributed by atoms with Crippen molar-refractivity contribution in [1.29, 1.82) is 0 Å². The van der Waals surface area contributed by atoms with Crippen molar-refractivity contribution in [2.75, 3.05) is 56.4 Å². The van der Waals surface area contributed by atoms with E-state index in [9.17, 15) is 19.2 Å². The van der Waals surface area contributed by atoms with Gasteiger partial charge in [-0.05, 0) is 62.6 Å². The first-order chi connectivity index (χ1) is 26.4. The van der Waals surface area contributed by atoms with Gasteiger partial charge in [-0.2, -0.15) is 4.98 Å². The Morgan fingerprint density at radius 2 is 1.67 bits per heavy atom. The van der Waals surface area contributed by atoms with E-state index >= 15 is 0 Å². The number of ketones is 1. The van der Waals surface area contributed by atoms with Gasteiger partial charge in [0.25, 0.3) is 0 Å². The summed E-state index contributed by atoms with van der Waals surface area (Å²) in [5, 5.41) is 6.78. The second kappa shape index (κ2) is 17.1. The molecular weight excluding hydrogens is 721 g/mol. The maximum Gasteiger partial charge on any atom is 0.248 e. The summed E-state index contributed by atoms with van der Waals surface area (Å²) in [4.78, 5) is 66.4. The highest BCUT2D eigenvalue weighted by atomic mass is 32.2. The maximum atomic E-state index is 14.2. The van der Waals surface area contributed by atoms with E-state index < -0.39 is 23.6 Å². The molecule has 0 aliphatic carbocycles. The van der Waals surface area contributed by atoms with Crippen LogP contribution in [-0.4, -0.2) is 95.8 Å². The molecule has 3 unspecified atom stereocenters. The number of thioether (sulfide) groups is 1. The highest BCUT2D eigenvalue weighted by Crippen LogP contribution is 2.36. The summed E-state index contributed by atoms with van der Waals surface area (Å²) in [5.41, 5.74) is 1.43. The first-order valence-electron chi connectivity index (χ1n) is 18.4. The van der Waals surface area contributed by atoms with Crippen LogP contribution in [0.1, 0.15) is 56.5 Å². The quantitative estimate of drug-likeness (QED) is 0.166. The lowest BCUT2D eigenvalue weighted by Gasteiger charge is -2.35. The zero-order valence-electron chi connectivity index (χ0n) is 32.1. The third kappa shape index (κ3) is 8.86. The monoisotopic (exact) mass is 768 g/mol. The Labute approximate surface area is 325 Å². The van der Waals surface area contributed by atoms with Gasteiger partial charge in [0, 0.05) is 61.8 Å². The van der Waals surface area contributed by atoms with Gasteiger partial charge in [0.15, 0.2) is 22.4 Å². The predicted octanol–water partition coefficient (Wildman–Crippen LogP) is 5.47. The first kappa shape index (κ1) is 39.5. The molecule has 2 saturated heterocycles. The third-order valence-electron chi connectivity index (χ3n) is 10.0. The van der Waals surface area contributed by atoms with Crippen molar-refractivity contribution in [3.63, 3.8) is 0 Å². The Morgan fingerprint density at radius 3 is 2.36 bits per heavy atom. The summed E-state index contributed by atoms with van der Waals surface area (Å²) < 4.78 is 17.5. The molecule has 0 bridgehead atoms. The van der Waals surface area contributed by atoms with Gasteiger partial charge >= 0.3 is 0 Å². The zero-order chi connectivity index (χ0) is 39.3. The molecule has 4 aromatic rings. The number of anilines is 2. The van der Waals surface area contributed by atoms with Crippen LogP contribution >= 0.6 is 11.8 Å². The molecule has 3 aromatic carbocycles. The van der Waals surface area contributed by atoms with Crippen LogP contribution in [0.5, 0.6) is 17.2 Å². The van der Waals surface area contributed by atoms with Crippen molar-refractivity contribution >= 4 is 57.1 Å². The van der Waals surface area contributed by atoms with Gasteiger partial charge in [0.2, 0.25) is 17.8 Å². The lowest BCUT2D eigenvalue weighted by Crippen LogP contribution is -2.55. The Bertz CT molecular complexity index is 2040. The molecule has 13 nitrogen and oxygen atoms in total. The molecule has 0 spiro atoms. The average Bonchev–Trinajstić information content (AvgIpc) is 3.70. The van der Waals surface area contributed by atoms with Crippen molar-refractivity contribution in [3.05, 3.63) is 77.9 Å². The highest BCUT2D eigenvalue weighted by Gasteiger charge is 2.37. The predicted molar refractivity (Wildman–Crippen MR) is 213 cm³/mol. The summed E-state index contributed by atoms with van der Waals surface area (Å²) >= 11 is 1.10. The summed E-state index contributed by atoms with van der Waals surface area (Å²) in [6, 6.07) is 19.1. The molecule has 2 aliphatic rings. The number of rotatable bonds is 13. The Morgan fingerprint density at radius 1 is 0.964 bits per heavy atom. The van der Waals surface area contributed by atoms with Crippen LogP contribution in [0, 0.1) is 5.92 Å². The van der Waals surface area contributed by atoms with E-state index in [1.165, 1.54) is 21.1 Å². The fourth-order valence-corrected chi connectivity index (χ4v) is 7.64. The lowest BCUT2D eigenvalue weighted by atomic mass is 9.98. The van der Waals surface area contributed by atoms with Crippen LogP contribution in [0.4, 0.5) is 11.8 Å². The van der Waals surface area contributed by atoms with Gasteiger partial charge in [0.05, 0.1) is 19.7 Å². The molecule has 2 amide bonds. The topological polar surface area (TPSA) is 152 Å². The van der Waals surface area contributed by atoms with E-state index in [-0.39, 0.29) is 34.5 Å². The Hall–Kier alpha value is -5.21. The maximum absolute atomic E-state index is 14.2. The number of likely N-dealkylation sites (tertiary alicyclic amines) is 1. The normalized spacial score (nSPS) is 17.8. The van der Waals surface area contributed by atoms with Crippen molar-refractivity contribution in [3.8, 4) is 17.2 Å². The molecule has 1 aromatic heterocycles. The number of Topliss-reactive ketones (excluding diaryl/α,β-unsaturated/α-hetero) is 1. The molecule has 3 heterocycles. The first-order valence-corrected chi connectivity index (χ1v) is 19.4. The number of piperazine rings is 1. The van der Waals surface area contributed by atoms with Gasteiger partial charge < -0.3 is 34.6 Å². The standard InChI is InChI=1S/C41H48N6O7S/c1-25(24-55-26(2)48)39(51)46-19-10-13-32(46)38(50)44-37-30-21-34(52-5)35(53-6)22-31(30)43-40(45-37)47-20-18-42-23-33(47)36(49)27-14-16-29(17-15-27)54-41(3,4)28-11-8-7-9-12-28/h7-9,11-12,14-17,21-22,25,32-33,42H,10,13,18-20,23-24H2,1-6H3,(H,43,44,45,50). The molecule has 2 fully saturated rings. The van der Waals surface area contributed by atoms with Crippen LogP contribution in [0.3, 0.4) is 0 Å². The number of hydrogen-bond donors (Lipinski definition) is 2. The minimum absolute atomic E-state index is 0.0616. The number of hydrogen-bond acceptors (Lipinski definition) is 12. The largest absolute Gasteiger partial charge is 0.493 e. The van der Waals surface area contributed by atoms with Crippen LogP contribution in [0.25, 0.3) is 10.9 Å². The van der Waals surface area contributed by atoms with Crippen LogP contribution < -0.4 is 29.7 Å². The van der Waals surface area contributed by atoms with Crippen LogP contribution in [0.15, 0.2) is 66.7 Å². The highest BCUT2D eigenvalue weighted by molar-refractivity contribution is 8.13. The minimum Gasteiger partial charge on any atom is -0.493 e. The third-order valence-corrected chi connectivity index (χ3v) is 11.1. The minimum atomic E-state index is -0.718. The van der Waals surface area contributed by atoms with E-state index in [1.807, 2.05) is 49.1 Å². The Balaban J connectivity index is 1.28. The molecule has 0 saturated carbocycles. The molecule has 290 valence electrons. The molecule has 3 atom stereocenters. The van der Waals surface area contributed by atoms with Crippen LogP contribution in [0.2, 0.25) is 0 Å². The number of nitrogens with zero attached hydrogens (tertiary/aromatic N) is 4. The second-order valence-corrected chi connectivity index (χ2v) is 15.5.